The molecule has 77 heavy (non-hydrogen) atoms. The van der Waals surface area contributed by atoms with Gasteiger partial charge in [0.05, 0.1) is 17.1 Å². The maximum absolute atomic E-state index is 6.59. The number of nitrogens with zero attached hydrogens (tertiary/aromatic N) is 3. The molecule has 1 aromatic heterocycles. The summed E-state index contributed by atoms with van der Waals surface area (Å²) in [5, 5.41) is 3.32. The van der Waals surface area contributed by atoms with Gasteiger partial charge in [0.1, 0.15) is 11.3 Å². The molecule has 0 radical (unpaired) electrons. The molecule has 9 heteroatoms. The number of fused-ring (bicyclic) bond motifs is 10. The lowest BCUT2D eigenvalue weighted by atomic mass is 9.33. The standard InChI is InChI=1S/C68H60BN3O5/c1-66(2,3)45-17-24-48(25-18-45)70(51-23-16-41-34-44(15-14-42(41)35-51)60-36-43-12-10-11-13-57(43)77-60)52-37-55-61-56(38-52)72(50-28-21-47(22-29-50)68(7,8)9)63-54(31-33-59-65(63)76-40-74-59)69(61)53-30-32-58-64(75-39-73-58)62(53)71(55)49-26-19-46(20-27-49)67(4,5)6/h10-38H,39-40H2,1-9H3. The molecular formula is C68H60BN3O5. The minimum absolute atomic E-state index is 0.0419. The number of rotatable bonds is 6. The molecule has 0 bridgehead atoms. The molecule has 0 unspecified atom stereocenters. The summed E-state index contributed by atoms with van der Waals surface area (Å²) in [5.41, 5.74) is 18.0. The fourth-order valence-electron chi connectivity index (χ4n) is 12.0. The highest BCUT2D eigenvalue weighted by atomic mass is 16.7. The molecule has 0 saturated carbocycles. The average Bonchev–Trinajstić information content (AvgIpc) is 4.32. The van der Waals surface area contributed by atoms with E-state index >= 15 is 0 Å². The van der Waals surface area contributed by atoms with Gasteiger partial charge in [-0.05, 0) is 151 Å². The second-order valence-electron chi connectivity index (χ2n) is 24.1. The van der Waals surface area contributed by atoms with E-state index in [9.17, 15) is 0 Å². The second kappa shape index (κ2) is 17.0. The summed E-state index contributed by atoms with van der Waals surface area (Å²) < 4.78 is 32.0. The highest BCUT2D eigenvalue weighted by molar-refractivity contribution is 7.00. The van der Waals surface area contributed by atoms with E-state index in [1.807, 2.05) is 18.2 Å². The summed E-state index contributed by atoms with van der Waals surface area (Å²) in [6.45, 7) is 20.5. The van der Waals surface area contributed by atoms with Crippen LogP contribution in [0.4, 0.5) is 51.2 Å². The van der Waals surface area contributed by atoms with Gasteiger partial charge < -0.3 is 38.1 Å². The Labute approximate surface area is 451 Å². The molecule has 0 amide bonds. The summed E-state index contributed by atoms with van der Waals surface area (Å²) in [6, 6.07) is 64.4. The first kappa shape index (κ1) is 46.9. The third kappa shape index (κ3) is 7.64. The summed E-state index contributed by atoms with van der Waals surface area (Å²) >= 11 is 0. The van der Waals surface area contributed by atoms with E-state index in [0.717, 1.165) is 118 Å². The lowest BCUT2D eigenvalue weighted by Gasteiger charge is -2.45. The number of benzene rings is 9. The Morgan fingerprint density at radius 3 is 1.45 bits per heavy atom. The van der Waals surface area contributed by atoms with Gasteiger partial charge in [0.2, 0.25) is 13.6 Å². The van der Waals surface area contributed by atoms with Crippen LogP contribution in [0.2, 0.25) is 0 Å². The van der Waals surface area contributed by atoms with Gasteiger partial charge in [-0.2, -0.15) is 0 Å². The van der Waals surface area contributed by atoms with Crippen LogP contribution in [0.15, 0.2) is 180 Å². The van der Waals surface area contributed by atoms with Gasteiger partial charge in [0.25, 0.3) is 6.71 Å². The highest BCUT2D eigenvalue weighted by Crippen LogP contribution is 2.55. The molecule has 0 N–H and O–H groups in total. The molecule has 8 nitrogen and oxygen atoms in total. The van der Waals surface area contributed by atoms with E-state index in [1.165, 1.54) is 22.2 Å². The molecule has 0 aliphatic carbocycles. The lowest BCUT2D eigenvalue weighted by Crippen LogP contribution is -2.61. The van der Waals surface area contributed by atoms with Gasteiger partial charge in [-0.3, -0.25) is 0 Å². The van der Waals surface area contributed by atoms with Gasteiger partial charge in [0, 0.05) is 45.1 Å². The number of ether oxygens (including phenoxy) is 4. The van der Waals surface area contributed by atoms with Gasteiger partial charge >= 0.3 is 0 Å². The average molecular weight is 1010 g/mol. The molecule has 4 aliphatic heterocycles. The monoisotopic (exact) mass is 1010 g/mol. The van der Waals surface area contributed by atoms with E-state index in [-0.39, 0.29) is 36.5 Å². The van der Waals surface area contributed by atoms with Crippen molar-refractivity contribution in [3.05, 3.63) is 193 Å². The van der Waals surface area contributed by atoms with E-state index in [2.05, 4.69) is 235 Å². The molecule has 9 aromatic carbocycles. The first-order valence-electron chi connectivity index (χ1n) is 26.8. The summed E-state index contributed by atoms with van der Waals surface area (Å²) in [7, 11) is 0. The molecule has 0 spiro atoms. The highest BCUT2D eigenvalue weighted by Gasteiger charge is 2.48. The fraction of sp³-hybridized carbons (Fsp3) is 0.206. The number of anilines is 9. The number of hydrogen-bond acceptors (Lipinski definition) is 8. The van der Waals surface area contributed by atoms with Crippen molar-refractivity contribution in [2.45, 2.75) is 78.6 Å². The molecule has 0 fully saturated rings. The smallest absolute Gasteiger partial charge is 0.252 e. The SMILES string of the molecule is CC(C)(C)c1ccc(N(c2cc3c4c(c2)N(c2ccc(C(C)(C)C)cc2)c2c(ccc5c2OCO5)B4c2ccc4c(c2N3c2ccc(C(C)(C)C)cc2)OCO4)c2ccc3cc(-c4cc5ccccc5o4)ccc3c2)cc1. The van der Waals surface area contributed by atoms with Crippen molar-refractivity contribution in [1.82, 2.24) is 0 Å². The lowest BCUT2D eigenvalue weighted by molar-refractivity contribution is 0.174. The van der Waals surface area contributed by atoms with Crippen molar-refractivity contribution in [3.8, 4) is 34.3 Å². The van der Waals surface area contributed by atoms with Crippen LogP contribution in [0.25, 0.3) is 33.1 Å². The molecule has 5 heterocycles. The van der Waals surface area contributed by atoms with Crippen LogP contribution < -0.4 is 50.0 Å². The van der Waals surface area contributed by atoms with Crippen LogP contribution in [0, 0.1) is 0 Å². The normalized spacial score (nSPS) is 14.3. The number of furan rings is 1. The Hall–Kier alpha value is -8.56. The predicted octanol–water partition coefficient (Wildman–Crippen LogP) is 16.2. The molecule has 4 aliphatic rings. The molecule has 380 valence electrons. The molecule has 0 saturated heterocycles. The van der Waals surface area contributed by atoms with Crippen molar-refractivity contribution < 1.29 is 23.4 Å². The first-order valence-corrected chi connectivity index (χ1v) is 26.8. The van der Waals surface area contributed by atoms with Crippen LogP contribution in [-0.2, 0) is 16.2 Å². The predicted molar refractivity (Wildman–Crippen MR) is 316 cm³/mol. The van der Waals surface area contributed by atoms with Gasteiger partial charge in [-0.15, -0.1) is 0 Å². The minimum Gasteiger partial charge on any atom is -0.456 e. The quantitative estimate of drug-likeness (QED) is 0.153. The summed E-state index contributed by atoms with van der Waals surface area (Å²) in [5.74, 6) is 3.76. The zero-order valence-corrected chi connectivity index (χ0v) is 45.1. The van der Waals surface area contributed by atoms with E-state index < -0.39 is 0 Å². The molecular weight excluding hydrogens is 950 g/mol. The van der Waals surface area contributed by atoms with E-state index in [0.29, 0.717) is 0 Å². The second-order valence-corrected chi connectivity index (χ2v) is 24.1. The Balaban J connectivity index is 1.05. The van der Waals surface area contributed by atoms with Crippen molar-refractivity contribution in [3.63, 3.8) is 0 Å². The maximum atomic E-state index is 6.59. The Morgan fingerprint density at radius 2 is 0.922 bits per heavy atom. The van der Waals surface area contributed by atoms with Gasteiger partial charge in [-0.1, -0.05) is 147 Å². The van der Waals surface area contributed by atoms with Crippen LogP contribution in [-0.4, -0.2) is 20.3 Å². The van der Waals surface area contributed by atoms with Crippen molar-refractivity contribution in [1.29, 1.82) is 0 Å². The third-order valence-corrected chi connectivity index (χ3v) is 16.1. The maximum Gasteiger partial charge on any atom is 0.252 e. The van der Waals surface area contributed by atoms with Gasteiger partial charge in [-0.25, -0.2) is 0 Å². The fourth-order valence-corrected chi connectivity index (χ4v) is 12.0. The van der Waals surface area contributed by atoms with Gasteiger partial charge in [0.15, 0.2) is 23.0 Å². The Kier molecular flexibility index (Phi) is 10.3. The van der Waals surface area contributed by atoms with E-state index in [4.69, 9.17) is 23.4 Å². The summed E-state index contributed by atoms with van der Waals surface area (Å²) in [6.07, 6.45) is 0. The Bertz CT molecular complexity index is 3830. The van der Waals surface area contributed by atoms with Crippen LogP contribution in [0.3, 0.4) is 0 Å². The van der Waals surface area contributed by atoms with Crippen molar-refractivity contribution in [2.75, 3.05) is 28.3 Å². The largest absolute Gasteiger partial charge is 0.456 e. The topological polar surface area (TPSA) is 59.8 Å². The minimum atomic E-state index is -0.223. The van der Waals surface area contributed by atoms with Crippen LogP contribution in [0.5, 0.6) is 23.0 Å². The number of hydrogen-bond donors (Lipinski definition) is 0. The van der Waals surface area contributed by atoms with Crippen LogP contribution in [0.1, 0.15) is 79.0 Å². The first-order chi connectivity index (χ1) is 37.0. The zero-order valence-electron chi connectivity index (χ0n) is 45.1. The van der Waals surface area contributed by atoms with Crippen LogP contribution >= 0.6 is 0 Å². The van der Waals surface area contributed by atoms with Crippen molar-refractivity contribution >= 4 is 96.0 Å². The molecule has 14 rings (SSSR count). The van der Waals surface area contributed by atoms with Crippen molar-refractivity contribution in [2.24, 2.45) is 0 Å². The molecule has 10 aromatic rings. The third-order valence-electron chi connectivity index (χ3n) is 16.1. The van der Waals surface area contributed by atoms with E-state index in [1.54, 1.807) is 0 Å². The zero-order chi connectivity index (χ0) is 52.7. The summed E-state index contributed by atoms with van der Waals surface area (Å²) in [4.78, 5) is 7.27. The number of para-hydroxylation sites is 1. The Morgan fingerprint density at radius 1 is 0.429 bits per heavy atom. The molecule has 0 atom stereocenters.